The third-order valence-corrected chi connectivity index (χ3v) is 4.20. The number of halogens is 1. The standard InChI is InChI=1S/C21H15FN2O3/c1-26-19-5-3-2-4-18(19)23-21(25)14-8-11-17-16(12-14)20(27-24-17)13-6-9-15(22)10-7-13/h2-12H,1H3,(H,23,25). The number of benzene rings is 3. The first-order chi connectivity index (χ1) is 13.2. The van der Waals surface area contributed by atoms with E-state index in [2.05, 4.69) is 10.5 Å². The zero-order valence-corrected chi connectivity index (χ0v) is 14.4. The van der Waals surface area contributed by atoms with Gasteiger partial charge in [0.05, 0.1) is 18.2 Å². The fourth-order valence-electron chi connectivity index (χ4n) is 2.83. The number of ether oxygens (including phenoxy) is 1. The molecule has 1 heterocycles. The predicted molar refractivity (Wildman–Crippen MR) is 100 cm³/mol. The second kappa shape index (κ2) is 6.92. The van der Waals surface area contributed by atoms with Gasteiger partial charge in [0.1, 0.15) is 17.1 Å². The van der Waals surface area contributed by atoms with E-state index in [1.165, 1.54) is 12.1 Å². The SMILES string of the molecule is COc1ccccc1NC(=O)c1ccc2noc(-c3ccc(F)cc3)c2c1. The Kier molecular flexibility index (Phi) is 4.30. The van der Waals surface area contributed by atoms with Gasteiger partial charge in [-0.15, -0.1) is 0 Å². The molecule has 5 nitrogen and oxygen atoms in total. The van der Waals surface area contributed by atoms with Crippen LogP contribution in [0.25, 0.3) is 22.2 Å². The summed E-state index contributed by atoms with van der Waals surface area (Å²) in [4.78, 5) is 12.7. The molecule has 1 aromatic heterocycles. The Morgan fingerprint density at radius 1 is 1.07 bits per heavy atom. The number of methoxy groups -OCH3 is 1. The first kappa shape index (κ1) is 16.8. The van der Waals surface area contributed by atoms with Gasteiger partial charge in [-0.25, -0.2) is 4.39 Å². The van der Waals surface area contributed by atoms with Gasteiger partial charge in [-0.05, 0) is 54.6 Å². The molecular weight excluding hydrogens is 347 g/mol. The van der Waals surface area contributed by atoms with Crippen molar-refractivity contribution in [1.29, 1.82) is 0 Å². The Balaban J connectivity index is 1.69. The van der Waals surface area contributed by atoms with E-state index in [0.29, 0.717) is 39.2 Å². The molecule has 3 aromatic carbocycles. The quantitative estimate of drug-likeness (QED) is 0.561. The van der Waals surface area contributed by atoms with Gasteiger partial charge in [0, 0.05) is 11.1 Å². The maximum atomic E-state index is 13.2. The van der Waals surface area contributed by atoms with Crippen LogP contribution in [0.5, 0.6) is 5.75 Å². The number of carbonyl (C=O) groups excluding carboxylic acids is 1. The lowest BCUT2D eigenvalue weighted by molar-refractivity contribution is 0.102. The third-order valence-electron chi connectivity index (χ3n) is 4.20. The first-order valence-corrected chi connectivity index (χ1v) is 8.25. The second-order valence-electron chi connectivity index (χ2n) is 5.90. The highest BCUT2D eigenvalue weighted by Crippen LogP contribution is 2.30. The molecule has 0 saturated carbocycles. The van der Waals surface area contributed by atoms with Crippen molar-refractivity contribution in [3.8, 4) is 17.1 Å². The molecule has 4 aromatic rings. The van der Waals surface area contributed by atoms with Crippen LogP contribution in [0.3, 0.4) is 0 Å². The van der Waals surface area contributed by atoms with Gasteiger partial charge >= 0.3 is 0 Å². The van der Waals surface area contributed by atoms with Crippen LogP contribution in [0.4, 0.5) is 10.1 Å². The van der Waals surface area contributed by atoms with Crippen molar-refractivity contribution in [2.75, 3.05) is 12.4 Å². The van der Waals surface area contributed by atoms with E-state index in [4.69, 9.17) is 9.26 Å². The normalized spacial score (nSPS) is 10.7. The van der Waals surface area contributed by atoms with Crippen LogP contribution in [0.2, 0.25) is 0 Å². The Morgan fingerprint density at radius 3 is 2.63 bits per heavy atom. The van der Waals surface area contributed by atoms with Crippen LogP contribution in [0, 0.1) is 5.82 Å². The summed E-state index contributed by atoms with van der Waals surface area (Å²) in [7, 11) is 1.54. The van der Waals surface area contributed by atoms with Gasteiger partial charge in [-0.1, -0.05) is 17.3 Å². The molecule has 0 fully saturated rings. The molecule has 0 unspecified atom stereocenters. The number of carbonyl (C=O) groups is 1. The molecule has 4 rings (SSSR count). The molecule has 0 spiro atoms. The average Bonchev–Trinajstić information content (AvgIpc) is 3.12. The predicted octanol–water partition coefficient (Wildman–Crippen LogP) is 4.89. The van der Waals surface area contributed by atoms with Crippen molar-refractivity contribution in [2.24, 2.45) is 0 Å². The minimum Gasteiger partial charge on any atom is -0.495 e. The zero-order chi connectivity index (χ0) is 18.8. The fourth-order valence-corrected chi connectivity index (χ4v) is 2.83. The highest BCUT2D eigenvalue weighted by atomic mass is 19.1. The van der Waals surface area contributed by atoms with Gasteiger partial charge in [-0.2, -0.15) is 0 Å². The summed E-state index contributed by atoms with van der Waals surface area (Å²) in [6, 6.07) is 18.2. The highest BCUT2D eigenvalue weighted by Gasteiger charge is 2.15. The summed E-state index contributed by atoms with van der Waals surface area (Å²) in [6.07, 6.45) is 0. The molecule has 0 aliphatic carbocycles. The van der Waals surface area contributed by atoms with Crippen LogP contribution < -0.4 is 10.1 Å². The van der Waals surface area contributed by atoms with E-state index in [9.17, 15) is 9.18 Å². The van der Waals surface area contributed by atoms with Crippen LogP contribution in [0.15, 0.2) is 71.3 Å². The molecule has 6 heteroatoms. The number of fused-ring (bicyclic) bond motifs is 1. The van der Waals surface area contributed by atoms with E-state index in [1.807, 2.05) is 12.1 Å². The summed E-state index contributed by atoms with van der Waals surface area (Å²) in [5, 5.41) is 7.52. The molecule has 0 atom stereocenters. The van der Waals surface area contributed by atoms with E-state index >= 15 is 0 Å². The van der Waals surface area contributed by atoms with E-state index < -0.39 is 0 Å². The highest BCUT2D eigenvalue weighted by molar-refractivity contribution is 6.08. The molecule has 0 saturated heterocycles. The summed E-state index contributed by atoms with van der Waals surface area (Å²) >= 11 is 0. The number of nitrogens with one attached hydrogen (secondary N) is 1. The zero-order valence-electron chi connectivity index (χ0n) is 14.4. The van der Waals surface area contributed by atoms with Crippen LogP contribution in [-0.2, 0) is 0 Å². The van der Waals surface area contributed by atoms with Crippen molar-refractivity contribution in [3.05, 3.63) is 78.1 Å². The number of anilines is 1. The second-order valence-corrected chi connectivity index (χ2v) is 5.90. The minimum absolute atomic E-state index is 0.285. The van der Waals surface area contributed by atoms with Crippen molar-refractivity contribution in [1.82, 2.24) is 5.16 Å². The molecule has 0 radical (unpaired) electrons. The van der Waals surface area contributed by atoms with Crippen molar-refractivity contribution >= 4 is 22.5 Å². The minimum atomic E-state index is -0.334. The monoisotopic (exact) mass is 362 g/mol. The van der Waals surface area contributed by atoms with Crippen molar-refractivity contribution in [3.63, 3.8) is 0 Å². The van der Waals surface area contributed by atoms with E-state index in [0.717, 1.165) is 0 Å². The number of hydrogen-bond acceptors (Lipinski definition) is 4. The summed E-state index contributed by atoms with van der Waals surface area (Å²) < 4.78 is 23.8. The Bertz CT molecular complexity index is 1120. The molecule has 134 valence electrons. The van der Waals surface area contributed by atoms with Gasteiger partial charge in [0.25, 0.3) is 5.91 Å². The third kappa shape index (κ3) is 3.25. The fraction of sp³-hybridized carbons (Fsp3) is 0.0476. The number of para-hydroxylation sites is 2. The van der Waals surface area contributed by atoms with Gasteiger partial charge in [0.15, 0.2) is 5.76 Å². The smallest absolute Gasteiger partial charge is 0.255 e. The van der Waals surface area contributed by atoms with Gasteiger partial charge in [0.2, 0.25) is 0 Å². The van der Waals surface area contributed by atoms with E-state index in [1.54, 1.807) is 49.6 Å². The largest absolute Gasteiger partial charge is 0.495 e. The van der Waals surface area contributed by atoms with E-state index in [-0.39, 0.29) is 11.7 Å². The van der Waals surface area contributed by atoms with Crippen LogP contribution in [0.1, 0.15) is 10.4 Å². The van der Waals surface area contributed by atoms with Crippen LogP contribution in [-0.4, -0.2) is 18.2 Å². The molecule has 0 bridgehead atoms. The van der Waals surface area contributed by atoms with Gasteiger partial charge in [-0.3, -0.25) is 4.79 Å². The van der Waals surface area contributed by atoms with Gasteiger partial charge < -0.3 is 14.6 Å². The lowest BCUT2D eigenvalue weighted by Crippen LogP contribution is -2.12. The average molecular weight is 362 g/mol. The lowest BCUT2D eigenvalue weighted by atomic mass is 10.1. The molecule has 1 N–H and O–H groups in total. The Morgan fingerprint density at radius 2 is 1.85 bits per heavy atom. The molecular formula is C21H15FN2O3. The van der Waals surface area contributed by atoms with Crippen molar-refractivity contribution in [2.45, 2.75) is 0 Å². The summed E-state index contributed by atoms with van der Waals surface area (Å²) in [5.74, 6) is 0.438. The van der Waals surface area contributed by atoms with Crippen LogP contribution >= 0.6 is 0 Å². The number of amides is 1. The van der Waals surface area contributed by atoms with Crippen molar-refractivity contribution < 1.29 is 18.4 Å². The number of nitrogens with zero attached hydrogens (tertiary/aromatic N) is 1. The molecule has 27 heavy (non-hydrogen) atoms. The number of aromatic nitrogens is 1. The summed E-state index contributed by atoms with van der Waals surface area (Å²) in [6.45, 7) is 0. The Hall–Kier alpha value is -3.67. The lowest BCUT2D eigenvalue weighted by Gasteiger charge is -2.09. The molecule has 0 aliphatic heterocycles. The maximum absolute atomic E-state index is 13.2. The first-order valence-electron chi connectivity index (χ1n) is 8.25. The molecule has 0 aliphatic rings. The summed E-state index contributed by atoms with van der Waals surface area (Å²) in [5.41, 5.74) is 2.32. The molecule has 1 amide bonds. The maximum Gasteiger partial charge on any atom is 0.255 e. The number of rotatable bonds is 4. The topological polar surface area (TPSA) is 64.4 Å². The Labute approximate surface area is 154 Å². The number of hydrogen-bond donors (Lipinski definition) is 1.